The SMILES string of the molecule is CN1CCCC[C@@H]1CN1CCCCC1. The van der Waals surface area contributed by atoms with Crippen molar-refractivity contribution < 1.29 is 0 Å². The van der Waals surface area contributed by atoms with Gasteiger partial charge in [0.2, 0.25) is 0 Å². The van der Waals surface area contributed by atoms with Crippen molar-refractivity contribution in [1.29, 1.82) is 0 Å². The van der Waals surface area contributed by atoms with E-state index in [1.165, 1.54) is 64.7 Å². The fraction of sp³-hybridized carbons (Fsp3) is 1.00. The lowest BCUT2D eigenvalue weighted by molar-refractivity contribution is 0.117. The van der Waals surface area contributed by atoms with E-state index in [4.69, 9.17) is 0 Å². The van der Waals surface area contributed by atoms with E-state index in [0.29, 0.717) is 0 Å². The lowest BCUT2D eigenvalue weighted by Crippen LogP contribution is -2.46. The molecule has 2 nitrogen and oxygen atoms in total. The third-order valence-corrected chi connectivity index (χ3v) is 3.84. The molecule has 0 amide bonds. The second-order valence-corrected chi connectivity index (χ2v) is 4.99. The van der Waals surface area contributed by atoms with Gasteiger partial charge in [-0.25, -0.2) is 0 Å². The van der Waals surface area contributed by atoms with Crippen molar-refractivity contribution >= 4 is 0 Å². The molecule has 1 atom stereocenters. The molecule has 14 heavy (non-hydrogen) atoms. The molecule has 0 saturated carbocycles. The highest BCUT2D eigenvalue weighted by Gasteiger charge is 2.22. The molecule has 0 aromatic heterocycles. The van der Waals surface area contributed by atoms with Crippen molar-refractivity contribution in [1.82, 2.24) is 9.80 Å². The van der Waals surface area contributed by atoms with Crippen molar-refractivity contribution in [2.75, 3.05) is 33.2 Å². The first kappa shape index (κ1) is 10.4. The molecule has 2 aliphatic rings. The van der Waals surface area contributed by atoms with E-state index in [2.05, 4.69) is 16.8 Å². The van der Waals surface area contributed by atoms with Crippen LogP contribution in [0.1, 0.15) is 38.5 Å². The summed E-state index contributed by atoms with van der Waals surface area (Å²) in [6.07, 6.45) is 8.59. The van der Waals surface area contributed by atoms with Gasteiger partial charge in [0, 0.05) is 12.6 Å². The molecule has 2 aliphatic heterocycles. The van der Waals surface area contributed by atoms with Gasteiger partial charge in [0.25, 0.3) is 0 Å². The van der Waals surface area contributed by atoms with Crippen LogP contribution in [0.3, 0.4) is 0 Å². The molecule has 2 rings (SSSR count). The summed E-state index contributed by atoms with van der Waals surface area (Å²) in [6, 6.07) is 0.849. The summed E-state index contributed by atoms with van der Waals surface area (Å²) in [5.74, 6) is 0. The van der Waals surface area contributed by atoms with E-state index in [9.17, 15) is 0 Å². The van der Waals surface area contributed by atoms with Gasteiger partial charge in [-0.1, -0.05) is 12.8 Å². The number of hydrogen-bond acceptors (Lipinski definition) is 2. The maximum atomic E-state index is 2.68. The number of hydrogen-bond donors (Lipinski definition) is 0. The Bertz CT molecular complexity index is 164. The number of piperidine rings is 2. The zero-order valence-electron chi connectivity index (χ0n) is 9.54. The van der Waals surface area contributed by atoms with Crippen LogP contribution in [0.15, 0.2) is 0 Å². The number of likely N-dealkylation sites (N-methyl/N-ethyl adjacent to an activating group) is 1. The molecular weight excluding hydrogens is 172 g/mol. The smallest absolute Gasteiger partial charge is 0.0220 e. The van der Waals surface area contributed by atoms with Gasteiger partial charge in [0.1, 0.15) is 0 Å². The molecule has 0 unspecified atom stereocenters. The summed E-state index contributed by atoms with van der Waals surface area (Å²) in [7, 11) is 2.30. The van der Waals surface area contributed by atoms with Crippen LogP contribution in [0.25, 0.3) is 0 Å². The minimum atomic E-state index is 0.849. The molecule has 0 aliphatic carbocycles. The quantitative estimate of drug-likeness (QED) is 0.666. The van der Waals surface area contributed by atoms with Crippen LogP contribution >= 0.6 is 0 Å². The summed E-state index contributed by atoms with van der Waals surface area (Å²) >= 11 is 0. The Labute approximate surface area is 88.3 Å². The Balaban J connectivity index is 1.76. The van der Waals surface area contributed by atoms with Gasteiger partial charge in [-0.3, -0.25) is 0 Å². The van der Waals surface area contributed by atoms with Crippen molar-refractivity contribution in [2.24, 2.45) is 0 Å². The molecule has 0 spiro atoms. The predicted molar refractivity (Wildman–Crippen MR) is 60.6 cm³/mol. The van der Waals surface area contributed by atoms with Crippen molar-refractivity contribution in [2.45, 2.75) is 44.6 Å². The van der Waals surface area contributed by atoms with Crippen LogP contribution in [-0.2, 0) is 0 Å². The average Bonchev–Trinajstić information content (AvgIpc) is 2.23. The number of likely N-dealkylation sites (tertiary alicyclic amines) is 2. The highest BCUT2D eigenvalue weighted by molar-refractivity contribution is 4.78. The molecule has 0 aromatic carbocycles. The molecule has 0 radical (unpaired) electrons. The van der Waals surface area contributed by atoms with Crippen LogP contribution < -0.4 is 0 Å². The van der Waals surface area contributed by atoms with Crippen LogP contribution in [0.2, 0.25) is 0 Å². The third-order valence-electron chi connectivity index (χ3n) is 3.84. The zero-order valence-corrected chi connectivity index (χ0v) is 9.54. The summed E-state index contributed by atoms with van der Waals surface area (Å²) < 4.78 is 0. The first-order valence-corrected chi connectivity index (χ1v) is 6.29. The van der Waals surface area contributed by atoms with Gasteiger partial charge in [-0.15, -0.1) is 0 Å². The van der Waals surface area contributed by atoms with Gasteiger partial charge < -0.3 is 9.80 Å². The number of nitrogens with zero attached hydrogens (tertiary/aromatic N) is 2. The molecule has 0 N–H and O–H groups in total. The topological polar surface area (TPSA) is 6.48 Å². The summed E-state index contributed by atoms with van der Waals surface area (Å²) in [4.78, 5) is 5.24. The fourth-order valence-electron chi connectivity index (χ4n) is 2.81. The Morgan fingerprint density at radius 2 is 1.64 bits per heavy atom. The summed E-state index contributed by atoms with van der Waals surface area (Å²) in [5, 5.41) is 0. The Morgan fingerprint density at radius 1 is 0.929 bits per heavy atom. The molecule has 0 aromatic rings. The molecule has 82 valence electrons. The van der Waals surface area contributed by atoms with Gasteiger partial charge >= 0.3 is 0 Å². The average molecular weight is 196 g/mol. The van der Waals surface area contributed by atoms with Crippen molar-refractivity contribution in [3.8, 4) is 0 Å². The minimum Gasteiger partial charge on any atom is -0.302 e. The second kappa shape index (κ2) is 5.13. The van der Waals surface area contributed by atoms with E-state index in [1.807, 2.05) is 0 Å². The molecule has 2 saturated heterocycles. The van der Waals surface area contributed by atoms with E-state index in [-0.39, 0.29) is 0 Å². The van der Waals surface area contributed by atoms with Crippen molar-refractivity contribution in [3.63, 3.8) is 0 Å². The Morgan fingerprint density at radius 3 is 2.36 bits per heavy atom. The number of rotatable bonds is 2. The minimum absolute atomic E-state index is 0.849. The van der Waals surface area contributed by atoms with E-state index < -0.39 is 0 Å². The van der Waals surface area contributed by atoms with E-state index in [1.54, 1.807) is 0 Å². The lowest BCUT2D eigenvalue weighted by atomic mass is 10.0. The van der Waals surface area contributed by atoms with Gasteiger partial charge in [0.05, 0.1) is 0 Å². The first-order valence-electron chi connectivity index (χ1n) is 6.29. The van der Waals surface area contributed by atoms with Crippen LogP contribution in [-0.4, -0.2) is 49.1 Å². The van der Waals surface area contributed by atoms with E-state index >= 15 is 0 Å². The predicted octanol–water partition coefficient (Wildman–Crippen LogP) is 1.96. The van der Waals surface area contributed by atoms with Gasteiger partial charge in [-0.2, -0.15) is 0 Å². The van der Waals surface area contributed by atoms with Crippen molar-refractivity contribution in [3.05, 3.63) is 0 Å². The highest BCUT2D eigenvalue weighted by Crippen LogP contribution is 2.18. The Hall–Kier alpha value is -0.0800. The van der Waals surface area contributed by atoms with Crippen LogP contribution in [0, 0.1) is 0 Å². The molecule has 0 bridgehead atoms. The third kappa shape index (κ3) is 2.71. The maximum Gasteiger partial charge on any atom is 0.0220 e. The molecular formula is C12H24N2. The Kier molecular flexibility index (Phi) is 3.82. The fourth-order valence-corrected chi connectivity index (χ4v) is 2.81. The zero-order chi connectivity index (χ0) is 9.80. The maximum absolute atomic E-state index is 2.68. The molecule has 2 fully saturated rings. The van der Waals surface area contributed by atoms with E-state index in [0.717, 1.165) is 6.04 Å². The summed E-state index contributed by atoms with van der Waals surface area (Å²) in [5.41, 5.74) is 0. The largest absolute Gasteiger partial charge is 0.302 e. The van der Waals surface area contributed by atoms with Crippen LogP contribution in [0.5, 0.6) is 0 Å². The lowest BCUT2D eigenvalue weighted by Gasteiger charge is -2.37. The monoisotopic (exact) mass is 196 g/mol. The molecule has 2 heteroatoms. The first-order chi connectivity index (χ1) is 6.86. The summed E-state index contributed by atoms with van der Waals surface area (Å²) in [6.45, 7) is 5.35. The second-order valence-electron chi connectivity index (χ2n) is 4.99. The van der Waals surface area contributed by atoms with Crippen LogP contribution in [0.4, 0.5) is 0 Å². The normalized spacial score (nSPS) is 31.9. The van der Waals surface area contributed by atoms with Gasteiger partial charge in [0.15, 0.2) is 0 Å². The van der Waals surface area contributed by atoms with Gasteiger partial charge in [-0.05, 0) is 52.4 Å². The highest BCUT2D eigenvalue weighted by atomic mass is 15.2. The standard InChI is InChI=1S/C12H24N2/c1-13-8-6-3-7-12(13)11-14-9-4-2-5-10-14/h12H,2-11H2,1H3/t12-/m1/s1. The molecule has 2 heterocycles.